The molecule has 9 heteroatoms. The summed E-state index contributed by atoms with van der Waals surface area (Å²) in [5.74, 6) is 0.296. The predicted molar refractivity (Wildman–Crippen MR) is 113 cm³/mol. The molecule has 0 atom stereocenters. The van der Waals surface area contributed by atoms with Gasteiger partial charge in [-0.3, -0.25) is 4.79 Å². The number of benzene rings is 2. The van der Waals surface area contributed by atoms with Crippen molar-refractivity contribution in [3.05, 3.63) is 60.7 Å². The van der Waals surface area contributed by atoms with Crippen molar-refractivity contribution < 1.29 is 13.9 Å². The van der Waals surface area contributed by atoms with E-state index >= 15 is 0 Å². The Kier molecular flexibility index (Phi) is 5.68. The van der Waals surface area contributed by atoms with Gasteiger partial charge in [0.15, 0.2) is 0 Å². The van der Waals surface area contributed by atoms with Gasteiger partial charge in [-0.2, -0.15) is 4.37 Å². The largest absolute Gasteiger partial charge is 0.495 e. The molecule has 0 saturated carbocycles. The van der Waals surface area contributed by atoms with E-state index in [0.29, 0.717) is 27.7 Å². The third-order valence-corrected chi connectivity index (χ3v) is 6.02. The molecule has 2 aromatic heterocycles. The minimum absolute atomic E-state index is 0.172. The molecule has 2 heterocycles. The molecular formula is C20H15FN4O2S2. The second-order valence-electron chi connectivity index (χ2n) is 5.93. The van der Waals surface area contributed by atoms with Gasteiger partial charge in [0.2, 0.25) is 5.91 Å². The molecular weight excluding hydrogens is 411 g/mol. The van der Waals surface area contributed by atoms with E-state index < -0.39 is 0 Å². The molecule has 0 aliphatic heterocycles. The second kappa shape index (κ2) is 8.54. The zero-order chi connectivity index (χ0) is 20.2. The smallest absolute Gasteiger partial charge is 0.234 e. The van der Waals surface area contributed by atoms with Crippen LogP contribution in [0, 0.1) is 5.82 Å². The Labute approximate surface area is 174 Å². The number of carbonyl (C=O) groups excluding carboxylic acids is 1. The predicted octanol–water partition coefficient (Wildman–Crippen LogP) is 4.63. The van der Waals surface area contributed by atoms with Crippen LogP contribution in [0.3, 0.4) is 0 Å². The highest BCUT2D eigenvalue weighted by molar-refractivity contribution is 8.00. The summed E-state index contributed by atoms with van der Waals surface area (Å²) in [5.41, 5.74) is 2.75. The average molecular weight is 426 g/mol. The average Bonchev–Trinajstić information content (AvgIpc) is 3.18. The summed E-state index contributed by atoms with van der Waals surface area (Å²) in [6, 6.07) is 13.3. The van der Waals surface area contributed by atoms with Gasteiger partial charge in [-0.15, -0.1) is 0 Å². The van der Waals surface area contributed by atoms with Gasteiger partial charge in [-0.05, 0) is 47.9 Å². The lowest BCUT2D eigenvalue weighted by Gasteiger charge is -2.09. The molecule has 29 heavy (non-hydrogen) atoms. The number of ether oxygens (including phenoxy) is 1. The molecule has 6 nitrogen and oxygen atoms in total. The number of thioether (sulfide) groups is 1. The Hall–Kier alpha value is -3.04. The highest BCUT2D eigenvalue weighted by Gasteiger charge is 2.16. The first-order chi connectivity index (χ1) is 14.2. The quantitative estimate of drug-likeness (QED) is 0.358. The van der Waals surface area contributed by atoms with Gasteiger partial charge in [0.05, 0.1) is 18.6 Å². The third-order valence-electron chi connectivity index (χ3n) is 4.06. The first-order valence-electron chi connectivity index (χ1n) is 8.57. The zero-order valence-electron chi connectivity index (χ0n) is 15.3. The molecule has 146 valence electrons. The monoisotopic (exact) mass is 426 g/mol. The third kappa shape index (κ3) is 4.20. The van der Waals surface area contributed by atoms with E-state index in [9.17, 15) is 9.18 Å². The maximum atomic E-state index is 13.2. The lowest BCUT2D eigenvalue weighted by molar-refractivity contribution is -0.113. The lowest BCUT2D eigenvalue weighted by atomic mass is 10.1. The Morgan fingerprint density at radius 2 is 1.97 bits per heavy atom. The van der Waals surface area contributed by atoms with Gasteiger partial charge in [-0.25, -0.2) is 14.4 Å². The summed E-state index contributed by atoms with van der Waals surface area (Å²) >= 11 is 2.57. The van der Waals surface area contributed by atoms with Crippen LogP contribution in [-0.2, 0) is 4.79 Å². The van der Waals surface area contributed by atoms with Gasteiger partial charge in [0.1, 0.15) is 38.8 Å². The van der Waals surface area contributed by atoms with Crippen molar-refractivity contribution in [3.8, 4) is 17.0 Å². The number of fused-ring (bicyclic) bond motifs is 1. The molecule has 4 aromatic rings. The Balaban J connectivity index is 1.51. The molecule has 4 rings (SSSR count). The second-order valence-corrected chi connectivity index (χ2v) is 7.67. The molecule has 1 amide bonds. The molecule has 0 bridgehead atoms. The molecule has 0 unspecified atom stereocenters. The van der Waals surface area contributed by atoms with Crippen LogP contribution in [0.25, 0.3) is 21.5 Å². The first kappa shape index (κ1) is 19.3. The van der Waals surface area contributed by atoms with Crippen LogP contribution in [0.1, 0.15) is 0 Å². The van der Waals surface area contributed by atoms with Gasteiger partial charge in [-0.1, -0.05) is 23.9 Å². The fraction of sp³-hybridized carbons (Fsp3) is 0.100. The van der Waals surface area contributed by atoms with E-state index in [1.807, 2.05) is 12.1 Å². The van der Waals surface area contributed by atoms with Crippen molar-refractivity contribution in [2.75, 3.05) is 18.2 Å². The lowest BCUT2D eigenvalue weighted by Crippen LogP contribution is -2.14. The van der Waals surface area contributed by atoms with E-state index in [1.54, 1.807) is 31.4 Å². The number of nitrogens with zero attached hydrogens (tertiary/aromatic N) is 3. The van der Waals surface area contributed by atoms with Crippen LogP contribution in [0.4, 0.5) is 10.1 Å². The number of nitrogens with one attached hydrogen (secondary N) is 1. The Bertz CT molecular complexity index is 1160. The minimum atomic E-state index is -0.305. The van der Waals surface area contributed by atoms with Crippen LogP contribution < -0.4 is 10.1 Å². The van der Waals surface area contributed by atoms with E-state index in [2.05, 4.69) is 19.7 Å². The molecule has 0 aliphatic carbocycles. The highest BCUT2D eigenvalue weighted by atomic mass is 32.2. The number of para-hydroxylation sites is 2. The van der Waals surface area contributed by atoms with Gasteiger partial charge in [0.25, 0.3) is 0 Å². The maximum Gasteiger partial charge on any atom is 0.234 e. The summed E-state index contributed by atoms with van der Waals surface area (Å²) in [4.78, 5) is 21.0. The van der Waals surface area contributed by atoms with E-state index in [4.69, 9.17) is 4.74 Å². The topological polar surface area (TPSA) is 77.0 Å². The summed E-state index contributed by atoms with van der Waals surface area (Å²) in [5, 5.41) is 3.52. The number of hydrogen-bond donors (Lipinski definition) is 1. The SMILES string of the molecule is COc1ccccc1NC(=O)CSc1ncnc2c(-c3ccc(F)cc3)nsc12. The number of aromatic nitrogens is 3. The fourth-order valence-electron chi connectivity index (χ4n) is 2.71. The van der Waals surface area contributed by atoms with Crippen molar-refractivity contribution in [1.82, 2.24) is 14.3 Å². The number of amides is 1. The molecule has 2 aromatic carbocycles. The Morgan fingerprint density at radius 3 is 2.76 bits per heavy atom. The summed E-state index contributed by atoms with van der Waals surface area (Å²) in [6.45, 7) is 0. The van der Waals surface area contributed by atoms with Crippen LogP contribution in [0.15, 0.2) is 59.9 Å². The van der Waals surface area contributed by atoms with Crippen molar-refractivity contribution in [2.45, 2.75) is 5.03 Å². The highest BCUT2D eigenvalue weighted by Crippen LogP contribution is 2.34. The molecule has 0 aliphatic rings. The standard InChI is InChI=1S/C20H15FN4O2S2/c1-27-15-5-3-2-4-14(15)24-16(26)10-28-20-19-18(22-11-23-20)17(25-29-19)12-6-8-13(21)9-7-12/h2-9,11H,10H2,1H3,(H,24,26). The van der Waals surface area contributed by atoms with Crippen LogP contribution in [0.5, 0.6) is 5.75 Å². The summed E-state index contributed by atoms with van der Waals surface area (Å²) in [7, 11) is 1.56. The number of halogens is 1. The van der Waals surface area contributed by atoms with Crippen molar-refractivity contribution in [2.24, 2.45) is 0 Å². The number of rotatable bonds is 6. The van der Waals surface area contributed by atoms with Gasteiger partial charge >= 0.3 is 0 Å². The number of anilines is 1. The maximum absolute atomic E-state index is 13.2. The van der Waals surface area contributed by atoms with Crippen LogP contribution >= 0.6 is 23.3 Å². The zero-order valence-corrected chi connectivity index (χ0v) is 16.9. The van der Waals surface area contributed by atoms with Gasteiger partial charge < -0.3 is 10.1 Å². The molecule has 0 radical (unpaired) electrons. The first-order valence-corrected chi connectivity index (χ1v) is 10.3. The molecule has 0 spiro atoms. The molecule has 1 N–H and O–H groups in total. The molecule has 0 saturated heterocycles. The number of carbonyl (C=O) groups is 1. The van der Waals surface area contributed by atoms with Crippen molar-refractivity contribution in [1.29, 1.82) is 0 Å². The minimum Gasteiger partial charge on any atom is -0.495 e. The fourth-order valence-corrected chi connectivity index (χ4v) is 4.43. The number of hydrogen-bond acceptors (Lipinski definition) is 7. The van der Waals surface area contributed by atoms with Crippen LogP contribution in [0.2, 0.25) is 0 Å². The van der Waals surface area contributed by atoms with Crippen molar-refractivity contribution >= 4 is 45.1 Å². The number of methoxy groups -OCH3 is 1. The van der Waals surface area contributed by atoms with Crippen LogP contribution in [-0.4, -0.2) is 33.1 Å². The Morgan fingerprint density at radius 1 is 1.17 bits per heavy atom. The van der Waals surface area contributed by atoms with E-state index in [0.717, 1.165) is 10.3 Å². The molecule has 0 fully saturated rings. The van der Waals surface area contributed by atoms with E-state index in [-0.39, 0.29) is 17.5 Å². The summed E-state index contributed by atoms with van der Waals surface area (Å²) in [6.07, 6.45) is 1.45. The summed E-state index contributed by atoms with van der Waals surface area (Å²) < 4.78 is 23.7. The normalized spacial score (nSPS) is 10.8. The van der Waals surface area contributed by atoms with Crippen molar-refractivity contribution in [3.63, 3.8) is 0 Å². The van der Waals surface area contributed by atoms with E-state index in [1.165, 1.54) is 41.8 Å². The van der Waals surface area contributed by atoms with Gasteiger partial charge in [0, 0.05) is 5.56 Å².